The lowest BCUT2D eigenvalue weighted by Gasteiger charge is -2.20. The highest BCUT2D eigenvalue weighted by Gasteiger charge is 2.27. The van der Waals surface area contributed by atoms with Crippen molar-refractivity contribution in [3.05, 3.63) is 83.5 Å². The van der Waals surface area contributed by atoms with Gasteiger partial charge in [-0.1, -0.05) is 72.2 Å². The first-order valence-corrected chi connectivity index (χ1v) is 9.88. The summed E-state index contributed by atoms with van der Waals surface area (Å²) >= 11 is 0. The van der Waals surface area contributed by atoms with Crippen LogP contribution in [0.2, 0.25) is 0 Å². The Kier molecular flexibility index (Phi) is 6.16. The molecule has 1 unspecified atom stereocenters. The number of alkyl carbamates (subject to hydrolysis) is 1. The van der Waals surface area contributed by atoms with Gasteiger partial charge in [0.25, 0.3) is 5.89 Å². The minimum Gasteiger partial charge on any atom is -0.445 e. The average Bonchev–Trinajstić information content (AvgIpc) is 3.28. The largest absolute Gasteiger partial charge is 0.445 e. The van der Waals surface area contributed by atoms with Crippen LogP contribution in [0.3, 0.4) is 0 Å². The van der Waals surface area contributed by atoms with Crippen LogP contribution in [0.5, 0.6) is 0 Å². The smallest absolute Gasteiger partial charge is 0.408 e. The molecule has 1 saturated heterocycles. The van der Waals surface area contributed by atoms with Gasteiger partial charge >= 0.3 is 6.09 Å². The number of carbonyl (C=O) groups is 1. The van der Waals surface area contributed by atoms with Crippen molar-refractivity contribution in [2.24, 2.45) is 0 Å². The number of carbonyl (C=O) groups excluding carboxylic acids is 1. The molecule has 7 nitrogen and oxygen atoms in total. The fraction of sp³-hybridized carbons (Fsp3) is 0.318. The highest BCUT2D eigenvalue weighted by molar-refractivity contribution is 5.68. The molecule has 1 aliphatic rings. The summed E-state index contributed by atoms with van der Waals surface area (Å²) in [6, 6.07) is 18.6. The molecule has 4 rings (SSSR count). The Morgan fingerprint density at radius 2 is 1.90 bits per heavy atom. The number of nitrogens with zero attached hydrogens (tertiary/aromatic N) is 2. The lowest BCUT2D eigenvalue weighted by Crippen LogP contribution is -2.30. The first kappa shape index (κ1) is 19.1. The van der Waals surface area contributed by atoms with E-state index in [1.54, 1.807) is 0 Å². The highest BCUT2D eigenvalue weighted by atomic mass is 16.5. The van der Waals surface area contributed by atoms with Crippen LogP contribution in [0.25, 0.3) is 0 Å². The van der Waals surface area contributed by atoms with Crippen molar-refractivity contribution in [2.75, 3.05) is 6.54 Å². The van der Waals surface area contributed by atoms with Crippen LogP contribution in [0.4, 0.5) is 4.79 Å². The zero-order valence-electron chi connectivity index (χ0n) is 16.1. The zero-order valence-corrected chi connectivity index (χ0v) is 16.1. The van der Waals surface area contributed by atoms with Crippen molar-refractivity contribution >= 4 is 6.09 Å². The fourth-order valence-corrected chi connectivity index (χ4v) is 3.39. The molecule has 1 aromatic heterocycles. The molecule has 7 heteroatoms. The molecule has 0 spiro atoms. The van der Waals surface area contributed by atoms with E-state index in [2.05, 4.69) is 20.8 Å². The molecule has 2 N–H and O–H groups in total. The summed E-state index contributed by atoms with van der Waals surface area (Å²) in [7, 11) is 0. The Labute approximate surface area is 169 Å². The number of piperidine rings is 1. The number of benzene rings is 2. The molecular formula is C22H24N4O3. The number of amides is 1. The monoisotopic (exact) mass is 392 g/mol. The summed E-state index contributed by atoms with van der Waals surface area (Å²) in [5, 5.41) is 10.4. The first-order valence-electron chi connectivity index (χ1n) is 9.88. The summed E-state index contributed by atoms with van der Waals surface area (Å²) < 4.78 is 10.9. The van der Waals surface area contributed by atoms with Crippen molar-refractivity contribution in [1.82, 2.24) is 20.8 Å². The molecule has 3 aromatic rings. The molecular weight excluding hydrogens is 368 g/mol. The van der Waals surface area contributed by atoms with Crippen LogP contribution in [0.15, 0.2) is 65.2 Å². The minimum atomic E-state index is -0.579. The predicted octanol–water partition coefficient (Wildman–Crippen LogP) is 3.90. The van der Waals surface area contributed by atoms with Crippen molar-refractivity contribution in [3.8, 4) is 0 Å². The lowest BCUT2D eigenvalue weighted by atomic mass is 10.0. The summed E-state index contributed by atoms with van der Waals surface area (Å²) in [6.07, 6.45) is 2.72. The highest BCUT2D eigenvalue weighted by Crippen LogP contribution is 2.25. The van der Waals surface area contributed by atoms with Gasteiger partial charge in [0.1, 0.15) is 12.6 Å². The summed E-state index contributed by atoms with van der Waals surface area (Å²) in [5.74, 6) is 0.968. The average molecular weight is 392 g/mol. The lowest BCUT2D eigenvalue weighted by molar-refractivity contribution is 0.135. The van der Waals surface area contributed by atoms with Crippen molar-refractivity contribution < 1.29 is 14.1 Å². The second-order valence-electron chi connectivity index (χ2n) is 7.04. The topological polar surface area (TPSA) is 89.3 Å². The van der Waals surface area contributed by atoms with Crippen LogP contribution in [0.1, 0.15) is 54.2 Å². The summed E-state index contributed by atoms with van der Waals surface area (Å²) in [4.78, 5) is 17.0. The Morgan fingerprint density at radius 3 is 2.62 bits per heavy atom. The van der Waals surface area contributed by atoms with Crippen LogP contribution in [-0.4, -0.2) is 22.8 Å². The molecule has 1 fully saturated rings. The number of hydrogen-bond donors (Lipinski definition) is 2. The van der Waals surface area contributed by atoms with Crippen molar-refractivity contribution in [2.45, 2.75) is 38.0 Å². The molecule has 150 valence electrons. The third-order valence-corrected chi connectivity index (χ3v) is 4.93. The van der Waals surface area contributed by atoms with E-state index in [9.17, 15) is 4.79 Å². The maximum absolute atomic E-state index is 12.4. The van der Waals surface area contributed by atoms with E-state index in [-0.39, 0.29) is 12.6 Å². The van der Waals surface area contributed by atoms with Crippen LogP contribution < -0.4 is 10.6 Å². The van der Waals surface area contributed by atoms with E-state index in [1.807, 2.05) is 60.7 Å². The zero-order chi connectivity index (χ0) is 19.9. The summed E-state index contributed by atoms with van der Waals surface area (Å²) in [6.45, 7) is 1.13. The van der Waals surface area contributed by atoms with Gasteiger partial charge in [-0.25, -0.2) is 4.79 Å². The molecule has 2 atom stereocenters. The minimum absolute atomic E-state index is 0.0858. The van der Waals surface area contributed by atoms with Gasteiger partial charge in [0.2, 0.25) is 0 Å². The number of hydrogen-bond acceptors (Lipinski definition) is 6. The van der Waals surface area contributed by atoms with Crippen LogP contribution in [0, 0.1) is 0 Å². The molecule has 0 radical (unpaired) electrons. The second-order valence-corrected chi connectivity index (χ2v) is 7.04. The maximum atomic E-state index is 12.4. The van der Waals surface area contributed by atoms with Gasteiger partial charge in [-0.2, -0.15) is 4.98 Å². The second kappa shape index (κ2) is 9.34. The molecule has 0 bridgehead atoms. The SMILES string of the molecule is O=C(NC(c1ccccc1)c1nc([C@@H]2CCCCN2)no1)OCc1ccccc1. The van der Waals surface area contributed by atoms with Gasteiger partial charge in [-0.05, 0) is 30.5 Å². The number of rotatable bonds is 6. The van der Waals surface area contributed by atoms with E-state index in [0.717, 1.165) is 36.9 Å². The normalized spacial score (nSPS) is 17.4. The van der Waals surface area contributed by atoms with E-state index in [4.69, 9.17) is 9.26 Å². The molecule has 1 amide bonds. The van der Waals surface area contributed by atoms with Crippen molar-refractivity contribution in [3.63, 3.8) is 0 Å². The standard InChI is InChI=1S/C22H24N4O3/c27-22(28-15-16-9-3-1-4-10-16)24-19(17-11-5-2-6-12-17)21-25-20(26-29-21)18-13-7-8-14-23-18/h1-6,9-12,18-19,23H,7-8,13-15H2,(H,24,27)/t18-,19?/m0/s1. The molecule has 2 heterocycles. The maximum Gasteiger partial charge on any atom is 0.408 e. The predicted molar refractivity (Wildman–Crippen MR) is 107 cm³/mol. The Morgan fingerprint density at radius 1 is 1.14 bits per heavy atom. The number of aromatic nitrogens is 2. The van der Waals surface area contributed by atoms with Gasteiger partial charge in [-0.15, -0.1) is 0 Å². The van der Waals surface area contributed by atoms with Gasteiger partial charge in [0, 0.05) is 0 Å². The first-order chi connectivity index (χ1) is 14.3. The van der Waals surface area contributed by atoms with E-state index in [1.165, 1.54) is 0 Å². The van der Waals surface area contributed by atoms with Gasteiger partial charge in [0.05, 0.1) is 6.04 Å². The number of ether oxygens (including phenoxy) is 1. The third kappa shape index (κ3) is 5.00. The van der Waals surface area contributed by atoms with Crippen LogP contribution >= 0.6 is 0 Å². The van der Waals surface area contributed by atoms with E-state index >= 15 is 0 Å². The van der Waals surface area contributed by atoms with E-state index in [0.29, 0.717) is 11.7 Å². The molecule has 1 aliphatic heterocycles. The molecule has 2 aromatic carbocycles. The molecule has 0 aliphatic carbocycles. The number of nitrogens with one attached hydrogen (secondary N) is 2. The Hall–Kier alpha value is -3.19. The van der Waals surface area contributed by atoms with Crippen molar-refractivity contribution in [1.29, 1.82) is 0 Å². The molecule has 29 heavy (non-hydrogen) atoms. The van der Waals surface area contributed by atoms with Crippen LogP contribution in [-0.2, 0) is 11.3 Å². The molecule has 0 saturated carbocycles. The fourth-order valence-electron chi connectivity index (χ4n) is 3.39. The third-order valence-electron chi connectivity index (χ3n) is 4.93. The van der Waals surface area contributed by atoms with Gasteiger partial charge in [-0.3, -0.25) is 0 Å². The Bertz CT molecular complexity index is 908. The van der Waals surface area contributed by atoms with Gasteiger partial charge in [0.15, 0.2) is 5.82 Å². The summed E-state index contributed by atoms with van der Waals surface area (Å²) in [5.41, 5.74) is 1.76. The van der Waals surface area contributed by atoms with E-state index < -0.39 is 12.1 Å². The van der Waals surface area contributed by atoms with Gasteiger partial charge < -0.3 is 19.9 Å². The Balaban J connectivity index is 1.48. The quantitative estimate of drug-likeness (QED) is 0.661.